The van der Waals surface area contributed by atoms with E-state index >= 15 is 0 Å². The molecule has 1 fully saturated rings. The van der Waals surface area contributed by atoms with Gasteiger partial charge in [-0.05, 0) is 42.8 Å². The molecule has 26 heavy (non-hydrogen) atoms. The molecule has 0 saturated carbocycles. The van der Waals surface area contributed by atoms with Gasteiger partial charge in [-0.25, -0.2) is 0 Å². The zero-order valence-corrected chi connectivity index (χ0v) is 14.6. The van der Waals surface area contributed by atoms with Gasteiger partial charge in [0.25, 0.3) is 5.91 Å². The molecule has 1 saturated heterocycles. The van der Waals surface area contributed by atoms with Gasteiger partial charge in [0.05, 0.1) is 0 Å². The van der Waals surface area contributed by atoms with E-state index in [9.17, 15) is 14.4 Å². The molecule has 0 spiro atoms. The van der Waals surface area contributed by atoms with Crippen molar-refractivity contribution in [3.63, 3.8) is 0 Å². The molecule has 0 bridgehead atoms. The minimum absolute atomic E-state index is 0.0851. The molecular weight excluding hydrogens is 330 g/mol. The van der Waals surface area contributed by atoms with Gasteiger partial charge in [-0.1, -0.05) is 19.1 Å². The molecule has 1 heterocycles. The van der Waals surface area contributed by atoms with Crippen molar-refractivity contribution in [2.24, 2.45) is 0 Å². The molecule has 1 aliphatic heterocycles. The first-order valence-corrected chi connectivity index (χ1v) is 8.68. The Morgan fingerprint density at radius 2 is 1.77 bits per heavy atom. The van der Waals surface area contributed by atoms with E-state index in [2.05, 4.69) is 10.6 Å². The normalized spacial score (nSPS) is 13.6. The summed E-state index contributed by atoms with van der Waals surface area (Å²) in [5, 5.41) is 5.59. The van der Waals surface area contributed by atoms with Crippen LogP contribution in [0.3, 0.4) is 0 Å². The predicted octanol–water partition coefficient (Wildman–Crippen LogP) is 3.41. The maximum atomic E-state index is 12.6. The van der Waals surface area contributed by atoms with Crippen LogP contribution in [0.15, 0.2) is 48.5 Å². The van der Waals surface area contributed by atoms with E-state index in [1.807, 2.05) is 6.07 Å². The van der Waals surface area contributed by atoms with Crippen LogP contribution >= 0.6 is 0 Å². The molecule has 0 unspecified atom stereocenters. The van der Waals surface area contributed by atoms with E-state index in [-0.39, 0.29) is 17.7 Å². The molecule has 2 aromatic rings. The van der Waals surface area contributed by atoms with Gasteiger partial charge in [-0.3, -0.25) is 14.4 Å². The average molecular weight is 351 g/mol. The number of carbonyl (C=O) groups is 3. The van der Waals surface area contributed by atoms with Gasteiger partial charge in [0.1, 0.15) is 0 Å². The van der Waals surface area contributed by atoms with Gasteiger partial charge < -0.3 is 15.5 Å². The van der Waals surface area contributed by atoms with Crippen molar-refractivity contribution in [1.29, 1.82) is 0 Å². The third kappa shape index (κ3) is 4.08. The number of anilines is 3. The number of amides is 3. The summed E-state index contributed by atoms with van der Waals surface area (Å²) < 4.78 is 0. The van der Waals surface area contributed by atoms with Crippen molar-refractivity contribution in [3.05, 3.63) is 54.1 Å². The molecule has 0 atom stereocenters. The second kappa shape index (κ2) is 7.82. The Hall–Kier alpha value is -3.15. The highest BCUT2D eigenvalue weighted by atomic mass is 16.2. The molecular formula is C20H21N3O3. The van der Waals surface area contributed by atoms with Crippen LogP contribution < -0.4 is 15.5 Å². The summed E-state index contributed by atoms with van der Waals surface area (Å²) in [5.41, 5.74) is 2.44. The average Bonchev–Trinajstić information content (AvgIpc) is 3.08. The Morgan fingerprint density at radius 3 is 2.46 bits per heavy atom. The molecule has 2 aromatic carbocycles. The lowest BCUT2D eigenvalue weighted by molar-refractivity contribution is -0.117. The minimum atomic E-state index is -0.266. The maximum absolute atomic E-state index is 12.6. The van der Waals surface area contributed by atoms with Crippen LogP contribution in [0.25, 0.3) is 0 Å². The van der Waals surface area contributed by atoms with Gasteiger partial charge >= 0.3 is 0 Å². The van der Waals surface area contributed by atoms with Crippen molar-refractivity contribution in [2.75, 3.05) is 22.1 Å². The van der Waals surface area contributed by atoms with Crippen molar-refractivity contribution in [1.82, 2.24) is 0 Å². The quantitative estimate of drug-likeness (QED) is 0.866. The molecule has 3 rings (SSSR count). The third-order valence-electron chi connectivity index (χ3n) is 4.22. The summed E-state index contributed by atoms with van der Waals surface area (Å²) in [6.45, 7) is 2.46. The molecule has 2 N–H and O–H groups in total. The largest absolute Gasteiger partial charge is 0.326 e. The Kier molecular flexibility index (Phi) is 5.31. The summed E-state index contributed by atoms with van der Waals surface area (Å²) in [6.07, 6.45) is 1.77. The number of benzene rings is 2. The van der Waals surface area contributed by atoms with E-state index in [0.29, 0.717) is 36.3 Å². The van der Waals surface area contributed by atoms with Crippen LogP contribution in [0.2, 0.25) is 0 Å². The fourth-order valence-corrected chi connectivity index (χ4v) is 2.86. The lowest BCUT2D eigenvalue weighted by Gasteiger charge is -2.16. The summed E-state index contributed by atoms with van der Waals surface area (Å²) in [6, 6.07) is 14.0. The number of carbonyl (C=O) groups excluding carboxylic acids is 3. The Bertz CT molecular complexity index is 848. The molecule has 134 valence electrons. The number of nitrogens with zero attached hydrogens (tertiary/aromatic N) is 1. The molecule has 3 amide bonds. The lowest BCUT2D eigenvalue weighted by Crippen LogP contribution is -2.24. The zero-order chi connectivity index (χ0) is 18.5. The van der Waals surface area contributed by atoms with Crippen LogP contribution in [0, 0.1) is 0 Å². The highest BCUT2D eigenvalue weighted by molar-refractivity contribution is 6.06. The van der Waals surface area contributed by atoms with Crippen molar-refractivity contribution in [3.8, 4) is 0 Å². The zero-order valence-electron chi connectivity index (χ0n) is 14.6. The first-order chi connectivity index (χ1) is 12.6. The first-order valence-electron chi connectivity index (χ1n) is 8.68. The highest BCUT2D eigenvalue weighted by Crippen LogP contribution is 2.23. The Morgan fingerprint density at radius 1 is 1.04 bits per heavy atom. The van der Waals surface area contributed by atoms with E-state index in [1.165, 1.54) is 0 Å². The summed E-state index contributed by atoms with van der Waals surface area (Å²) >= 11 is 0. The molecule has 0 radical (unpaired) electrons. The van der Waals surface area contributed by atoms with Gasteiger partial charge in [0.15, 0.2) is 0 Å². The Labute approximate surface area is 152 Å². The standard InChI is InChI=1S/C20H21N3O3/c1-2-18(24)21-15-7-4-8-16(13-15)22-20(26)14-6-3-9-17(12-14)23-11-5-10-19(23)25/h3-4,6-9,12-13H,2,5,10-11H2,1H3,(H,21,24)(H,22,26). The van der Waals surface area contributed by atoms with Crippen LogP contribution in [-0.4, -0.2) is 24.3 Å². The van der Waals surface area contributed by atoms with Gasteiger partial charge in [-0.15, -0.1) is 0 Å². The molecule has 1 aliphatic rings. The first kappa shape index (κ1) is 17.7. The fraction of sp³-hybridized carbons (Fsp3) is 0.250. The molecule has 0 aromatic heterocycles. The second-order valence-electron chi connectivity index (χ2n) is 6.14. The number of hydrogen-bond donors (Lipinski definition) is 2. The number of nitrogens with one attached hydrogen (secondary N) is 2. The maximum Gasteiger partial charge on any atom is 0.255 e. The predicted molar refractivity (Wildman–Crippen MR) is 101 cm³/mol. The van der Waals surface area contributed by atoms with E-state index in [0.717, 1.165) is 12.1 Å². The smallest absolute Gasteiger partial charge is 0.255 e. The SMILES string of the molecule is CCC(=O)Nc1cccc(NC(=O)c2cccc(N3CCCC3=O)c2)c1. The van der Waals surface area contributed by atoms with Crippen LogP contribution in [0.1, 0.15) is 36.5 Å². The molecule has 6 heteroatoms. The van der Waals surface area contributed by atoms with Crippen molar-refractivity contribution in [2.45, 2.75) is 26.2 Å². The highest BCUT2D eigenvalue weighted by Gasteiger charge is 2.22. The van der Waals surface area contributed by atoms with E-state index in [4.69, 9.17) is 0 Å². The molecule has 6 nitrogen and oxygen atoms in total. The van der Waals surface area contributed by atoms with Gasteiger partial charge in [0.2, 0.25) is 11.8 Å². The Balaban J connectivity index is 1.73. The summed E-state index contributed by atoms with van der Waals surface area (Å²) in [4.78, 5) is 37.6. The van der Waals surface area contributed by atoms with Crippen LogP contribution in [0.5, 0.6) is 0 Å². The summed E-state index contributed by atoms with van der Waals surface area (Å²) in [5.74, 6) is -0.268. The fourth-order valence-electron chi connectivity index (χ4n) is 2.86. The number of hydrogen-bond acceptors (Lipinski definition) is 3. The third-order valence-corrected chi connectivity index (χ3v) is 4.22. The summed E-state index contributed by atoms with van der Waals surface area (Å²) in [7, 11) is 0. The van der Waals surface area contributed by atoms with Crippen LogP contribution in [-0.2, 0) is 9.59 Å². The minimum Gasteiger partial charge on any atom is -0.326 e. The van der Waals surface area contributed by atoms with E-state index < -0.39 is 0 Å². The van der Waals surface area contributed by atoms with Gasteiger partial charge in [0, 0.05) is 42.0 Å². The monoisotopic (exact) mass is 351 g/mol. The molecule has 0 aliphatic carbocycles. The van der Waals surface area contributed by atoms with Crippen molar-refractivity contribution >= 4 is 34.8 Å². The van der Waals surface area contributed by atoms with Crippen molar-refractivity contribution < 1.29 is 14.4 Å². The van der Waals surface area contributed by atoms with Gasteiger partial charge in [-0.2, -0.15) is 0 Å². The number of rotatable bonds is 5. The topological polar surface area (TPSA) is 78.5 Å². The van der Waals surface area contributed by atoms with E-state index in [1.54, 1.807) is 54.3 Å². The lowest BCUT2D eigenvalue weighted by atomic mass is 10.1. The second-order valence-corrected chi connectivity index (χ2v) is 6.14. The van der Waals surface area contributed by atoms with Crippen LogP contribution in [0.4, 0.5) is 17.1 Å².